The number of hydrogen-bond donors (Lipinski definition) is 1. The molecule has 1 atom stereocenters. The third-order valence-electron chi connectivity index (χ3n) is 4.41. The van der Waals surface area contributed by atoms with E-state index in [2.05, 4.69) is 0 Å². The first-order valence-electron chi connectivity index (χ1n) is 7.59. The number of aliphatic hydroxyl groups is 1. The normalized spacial score (nSPS) is 22.0. The number of hydrogen-bond acceptors (Lipinski definition) is 3. The van der Waals surface area contributed by atoms with E-state index in [9.17, 15) is 9.90 Å². The third kappa shape index (κ3) is 2.29. The number of β-amino-alcohol motifs (C(OH)–C–C–N with tert-alkyl or cyclic N) is 1. The molecule has 0 bridgehead atoms. The first kappa shape index (κ1) is 12.8. The van der Waals surface area contributed by atoms with Gasteiger partial charge in [-0.25, -0.2) is 0 Å². The molecule has 4 nitrogen and oxygen atoms in total. The van der Waals surface area contributed by atoms with Gasteiger partial charge in [0.15, 0.2) is 0 Å². The molecule has 2 aliphatic rings. The highest BCUT2D eigenvalue weighted by molar-refractivity contribution is 6.06. The highest BCUT2D eigenvalue weighted by Gasteiger charge is 2.30. The minimum atomic E-state index is -0.384. The average molecular weight is 282 g/mol. The Bertz CT molecular complexity index is 709. The number of aromatic nitrogens is 1. The van der Waals surface area contributed by atoms with E-state index < -0.39 is 0 Å². The van der Waals surface area contributed by atoms with Gasteiger partial charge in [-0.05, 0) is 31.4 Å². The number of fused-ring (bicyclic) bond motifs is 1. The summed E-state index contributed by atoms with van der Waals surface area (Å²) in [6.07, 6.45) is 2.62. The molecule has 1 aliphatic carbocycles. The van der Waals surface area contributed by atoms with Crippen LogP contribution >= 0.6 is 0 Å². The highest BCUT2D eigenvalue weighted by atomic mass is 16.3. The summed E-state index contributed by atoms with van der Waals surface area (Å²) in [5.41, 5.74) is 2.67. The molecule has 4 rings (SSSR count). The van der Waals surface area contributed by atoms with Crippen molar-refractivity contribution in [2.75, 3.05) is 13.1 Å². The Morgan fingerprint density at radius 3 is 2.76 bits per heavy atom. The monoisotopic (exact) mass is 282 g/mol. The summed E-state index contributed by atoms with van der Waals surface area (Å²) in [6.45, 7) is 1.07. The lowest BCUT2D eigenvalue weighted by Gasteiger charge is -2.17. The van der Waals surface area contributed by atoms with E-state index in [4.69, 9.17) is 4.98 Å². The number of amides is 1. The van der Waals surface area contributed by atoms with Crippen LogP contribution in [0, 0.1) is 0 Å². The van der Waals surface area contributed by atoms with Gasteiger partial charge in [-0.1, -0.05) is 18.2 Å². The zero-order chi connectivity index (χ0) is 14.4. The van der Waals surface area contributed by atoms with Gasteiger partial charge in [-0.3, -0.25) is 9.78 Å². The van der Waals surface area contributed by atoms with E-state index in [0.29, 0.717) is 25.4 Å². The number of carbonyl (C=O) groups is 1. The summed E-state index contributed by atoms with van der Waals surface area (Å²) in [6, 6.07) is 9.79. The van der Waals surface area contributed by atoms with E-state index in [-0.39, 0.29) is 12.0 Å². The van der Waals surface area contributed by atoms with Crippen molar-refractivity contribution in [1.29, 1.82) is 0 Å². The Balaban J connectivity index is 1.80. The Morgan fingerprint density at radius 1 is 1.24 bits per heavy atom. The molecule has 1 saturated heterocycles. The molecule has 2 aromatic rings. The lowest BCUT2D eigenvalue weighted by Crippen LogP contribution is -2.29. The zero-order valence-corrected chi connectivity index (χ0v) is 11.8. The molecule has 1 saturated carbocycles. The van der Waals surface area contributed by atoms with E-state index in [1.165, 1.54) is 12.8 Å². The van der Waals surface area contributed by atoms with Crippen molar-refractivity contribution < 1.29 is 9.90 Å². The van der Waals surface area contributed by atoms with Crippen LogP contribution in [0.4, 0.5) is 0 Å². The van der Waals surface area contributed by atoms with Crippen LogP contribution in [0.25, 0.3) is 10.9 Å². The first-order chi connectivity index (χ1) is 10.2. The summed E-state index contributed by atoms with van der Waals surface area (Å²) in [5.74, 6) is 0.539. The molecule has 0 unspecified atom stereocenters. The van der Waals surface area contributed by atoms with E-state index in [1.54, 1.807) is 4.90 Å². The third-order valence-corrected chi connectivity index (χ3v) is 4.41. The van der Waals surface area contributed by atoms with Gasteiger partial charge in [0.05, 0.1) is 17.2 Å². The number of pyridine rings is 1. The van der Waals surface area contributed by atoms with Crippen molar-refractivity contribution in [2.45, 2.75) is 31.3 Å². The number of aliphatic hydroxyl groups excluding tert-OH is 1. The Labute approximate surface area is 123 Å². The summed E-state index contributed by atoms with van der Waals surface area (Å²) in [4.78, 5) is 19.2. The largest absolute Gasteiger partial charge is 0.391 e. The van der Waals surface area contributed by atoms with Crippen molar-refractivity contribution in [3.63, 3.8) is 0 Å². The van der Waals surface area contributed by atoms with Crippen molar-refractivity contribution in [3.8, 4) is 0 Å². The van der Waals surface area contributed by atoms with Crippen LogP contribution in [-0.2, 0) is 0 Å². The molecular weight excluding hydrogens is 264 g/mol. The fraction of sp³-hybridized carbons (Fsp3) is 0.412. The predicted octanol–water partition coefficient (Wildman–Crippen LogP) is 2.32. The Hall–Kier alpha value is -1.94. The molecular formula is C17H18N2O2. The second-order valence-corrected chi connectivity index (χ2v) is 6.08. The molecule has 2 fully saturated rings. The number of nitrogens with zero attached hydrogens (tertiary/aromatic N) is 2. The molecule has 1 aromatic heterocycles. The molecule has 1 aromatic carbocycles. The van der Waals surface area contributed by atoms with Gasteiger partial charge in [0.1, 0.15) is 0 Å². The van der Waals surface area contributed by atoms with Crippen molar-refractivity contribution >= 4 is 16.8 Å². The topological polar surface area (TPSA) is 53.4 Å². The smallest absolute Gasteiger partial charge is 0.254 e. The fourth-order valence-corrected chi connectivity index (χ4v) is 3.06. The molecule has 21 heavy (non-hydrogen) atoms. The lowest BCUT2D eigenvalue weighted by molar-refractivity contribution is 0.0766. The van der Waals surface area contributed by atoms with Crippen LogP contribution in [0.5, 0.6) is 0 Å². The Kier molecular flexibility index (Phi) is 2.93. The Morgan fingerprint density at radius 2 is 2.05 bits per heavy atom. The lowest BCUT2D eigenvalue weighted by atomic mass is 10.0. The van der Waals surface area contributed by atoms with Crippen LogP contribution < -0.4 is 0 Å². The van der Waals surface area contributed by atoms with Crippen LogP contribution in [0.2, 0.25) is 0 Å². The molecule has 1 aliphatic heterocycles. The van der Waals surface area contributed by atoms with Gasteiger partial charge >= 0.3 is 0 Å². The fourth-order valence-electron chi connectivity index (χ4n) is 3.06. The maximum Gasteiger partial charge on any atom is 0.254 e. The SMILES string of the molecule is O=C(c1cc(C2CC2)nc2ccccc12)N1CC[C@H](O)C1. The number of rotatable bonds is 2. The van der Waals surface area contributed by atoms with Crippen LogP contribution in [0.15, 0.2) is 30.3 Å². The molecule has 2 heterocycles. The second-order valence-electron chi connectivity index (χ2n) is 6.08. The second kappa shape index (κ2) is 4.81. The summed E-state index contributed by atoms with van der Waals surface area (Å²) in [5, 5.41) is 10.6. The van der Waals surface area contributed by atoms with Gasteiger partial charge in [-0.2, -0.15) is 0 Å². The van der Waals surface area contributed by atoms with Gasteiger partial charge in [0.2, 0.25) is 0 Å². The maximum absolute atomic E-state index is 12.8. The standard InChI is InChI=1S/C17H18N2O2/c20-12-7-8-19(10-12)17(21)14-9-16(11-5-6-11)18-15-4-2-1-3-13(14)15/h1-4,9,11-12,20H,5-8,10H2/t12-/m0/s1. The zero-order valence-electron chi connectivity index (χ0n) is 11.8. The van der Waals surface area contributed by atoms with Gasteiger partial charge in [0, 0.05) is 30.1 Å². The van der Waals surface area contributed by atoms with Crippen molar-refractivity contribution in [2.24, 2.45) is 0 Å². The van der Waals surface area contributed by atoms with Crippen molar-refractivity contribution in [3.05, 3.63) is 41.6 Å². The van der Waals surface area contributed by atoms with Gasteiger partial charge in [-0.15, -0.1) is 0 Å². The average Bonchev–Trinajstić information content (AvgIpc) is 3.27. The molecule has 0 radical (unpaired) electrons. The van der Waals surface area contributed by atoms with Crippen LogP contribution in [0.3, 0.4) is 0 Å². The quantitative estimate of drug-likeness (QED) is 0.919. The molecule has 1 N–H and O–H groups in total. The molecule has 0 spiro atoms. The number of carbonyl (C=O) groups excluding carboxylic acids is 1. The van der Waals surface area contributed by atoms with Crippen molar-refractivity contribution in [1.82, 2.24) is 9.88 Å². The summed E-state index contributed by atoms with van der Waals surface area (Å²) in [7, 11) is 0. The number of para-hydroxylation sites is 1. The van der Waals surface area contributed by atoms with E-state index >= 15 is 0 Å². The minimum absolute atomic E-state index is 0.0204. The number of benzene rings is 1. The van der Waals surface area contributed by atoms with Gasteiger partial charge < -0.3 is 10.0 Å². The van der Waals surface area contributed by atoms with Crippen LogP contribution in [0.1, 0.15) is 41.2 Å². The maximum atomic E-state index is 12.8. The van der Waals surface area contributed by atoms with Crippen LogP contribution in [-0.4, -0.2) is 40.1 Å². The van der Waals surface area contributed by atoms with E-state index in [1.807, 2.05) is 30.3 Å². The highest BCUT2D eigenvalue weighted by Crippen LogP contribution is 2.40. The summed E-state index contributed by atoms with van der Waals surface area (Å²) >= 11 is 0. The van der Waals surface area contributed by atoms with Gasteiger partial charge in [0.25, 0.3) is 5.91 Å². The predicted molar refractivity (Wildman–Crippen MR) is 80.2 cm³/mol. The molecule has 108 valence electrons. The molecule has 4 heteroatoms. The molecule has 1 amide bonds. The summed E-state index contributed by atoms with van der Waals surface area (Å²) < 4.78 is 0. The first-order valence-corrected chi connectivity index (χ1v) is 7.59. The van der Waals surface area contributed by atoms with E-state index in [0.717, 1.165) is 22.2 Å². The number of likely N-dealkylation sites (tertiary alicyclic amines) is 1. The minimum Gasteiger partial charge on any atom is -0.391 e.